The van der Waals surface area contributed by atoms with E-state index < -0.39 is 0 Å². The van der Waals surface area contributed by atoms with Gasteiger partial charge in [-0.2, -0.15) is 4.80 Å². The van der Waals surface area contributed by atoms with Crippen LogP contribution in [-0.4, -0.2) is 50.1 Å². The second kappa shape index (κ2) is 8.15. The summed E-state index contributed by atoms with van der Waals surface area (Å²) in [6.07, 6.45) is 3.94. The molecule has 1 aliphatic heterocycles. The third-order valence-electron chi connectivity index (χ3n) is 4.43. The van der Waals surface area contributed by atoms with Crippen LogP contribution in [0, 0.1) is 5.82 Å². The second-order valence-electron chi connectivity index (χ2n) is 6.39. The average molecular weight is 346 g/mol. The molecule has 0 unspecified atom stereocenters. The van der Waals surface area contributed by atoms with Crippen molar-refractivity contribution in [3.8, 4) is 11.4 Å². The first-order chi connectivity index (χ1) is 12.1. The number of carbonyl (C=O) groups excluding carboxylic acids is 1. The largest absolute Gasteiger partial charge is 0.343 e. The predicted octanol–water partition coefficient (Wildman–Crippen LogP) is 1.60. The number of tetrazole rings is 1. The highest BCUT2D eigenvalue weighted by atomic mass is 19.1. The number of rotatable bonds is 5. The van der Waals surface area contributed by atoms with Crippen molar-refractivity contribution in [1.82, 2.24) is 25.1 Å². The van der Waals surface area contributed by atoms with Gasteiger partial charge < -0.3 is 10.6 Å². The van der Waals surface area contributed by atoms with Crippen molar-refractivity contribution in [3.05, 3.63) is 30.1 Å². The fourth-order valence-electron chi connectivity index (χ4n) is 2.95. The summed E-state index contributed by atoms with van der Waals surface area (Å²) in [5.41, 5.74) is 6.66. The molecule has 1 amide bonds. The Hall–Kier alpha value is -2.35. The minimum atomic E-state index is -0.302. The van der Waals surface area contributed by atoms with Gasteiger partial charge in [0.1, 0.15) is 5.82 Å². The van der Waals surface area contributed by atoms with Crippen LogP contribution in [0.15, 0.2) is 24.3 Å². The number of halogens is 1. The van der Waals surface area contributed by atoms with Crippen molar-refractivity contribution < 1.29 is 9.18 Å². The quantitative estimate of drug-likeness (QED) is 0.888. The normalized spacial score (nSPS) is 18.2. The van der Waals surface area contributed by atoms with E-state index in [1.807, 2.05) is 4.90 Å². The van der Waals surface area contributed by atoms with E-state index in [4.69, 9.17) is 5.73 Å². The lowest BCUT2D eigenvalue weighted by atomic mass is 10.1. The van der Waals surface area contributed by atoms with Gasteiger partial charge in [-0.1, -0.05) is 0 Å². The second-order valence-corrected chi connectivity index (χ2v) is 6.39. The van der Waals surface area contributed by atoms with Crippen LogP contribution in [0.5, 0.6) is 0 Å². The molecule has 1 fully saturated rings. The molecule has 2 N–H and O–H groups in total. The van der Waals surface area contributed by atoms with E-state index in [0.717, 1.165) is 32.4 Å². The molecule has 134 valence electrons. The fourth-order valence-corrected chi connectivity index (χ4v) is 2.95. The molecule has 0 aliphatic carbocycles. The van der Waals surface area contributed by atoms with Crippen molar-refractivity contribution in [1.29, 1.82) is 0 Å². The smallest absolute Gasteiger partial charge is 0.222 e. The Morgan fingerprint density at radius 3 is 2.84 bits per heavy atom. The summed E-state index contributed by atoms with van der Waals surface area (Å²) >= 11 is 0. The van der Waals surface area contributed by atoms with Gasteiger partial charge in [0, 0.05) is 31.1 Å². The number of aryl methyl sites for hydroxylation is 1. The maximum atomic E-state index is 12.9. The molecule has 0 saturated carbocycles. The van der Waals surface area contributed by atoms with E-state index in [2.05, 4.69) is 15.4 Å². The summed E-state index contributed by atoms with van der Waals surface area (Å²) in [5.74, 6) is 0.310. The maximum absolute atomic E-state index is 12.9. The zero-order chi connectivity index (χ0) is 17.6. The Morgan fingerprint density at radius 2 is 2.04 bits per heavy atom. The van der Waals surface area contributed by atoms with Crippen LogP contribution in [-0.2, 0) is 11.3 Å². The molecular weight excluding hydrogens is 323 g/mol. The van der Waals surface area contributed by atoms with Gasteiger partial charge in [0.2, 0.25) is 11.7 Å². The first kappa shape index (κ1) is 17.5. The Balaban J connectivity index is 1.47. The fraction of sp³-hybridized carbons (Fsp3) is 0.529. The molecule has 25 heavy (non-hydrogen) atoms. The summed E-state index contributed by atoms with van der Waals surface area (Å²) in [6.45, 7) is 2.06. The molecule has 3 rings (SSSR count). The van der Waals surface area contributed by atoms with Crippen LogP contribution in [0.3, 0.4) is 0 Å². The summed E-state index contributed by atoms with van der Waals surface area (Å²) < 4.78 is 12.9. The molecular formula is C17H23FN6O. The highest BCUT2D eigenvalue weighted by Gasteiger charge is 2.18. The van der Waals surface area contributed by atoms with Crippen molar-refractivity contribution >= 4 is 5.91 Å². The van der Waals surface area contributed by atoms with E-state index in [1.165, 1.54) is 16.9 Å². The topological polar surface area (TPSA) is 89.9 Å². The SMILES string of the molecule is N[C@H]1CCCN(C(=O)CCCn2nnc(-c3ccc(F)cc3)n2)CC1. The first-order valence-corrected chi connectivity index (χ1v) is 8.69. The maximum Gasteiger partial charge on any atom is 0.222 e. The molecule has 2 aromatic rings. The van der Waals surface area contributed by atoms with Crippen LogP contribution in [0.1, 0.15) is 32.1 Å². The molecule has 1 aromatic carbocycles. The average Bonchev–Trinajstić information content (AvgIpc) is 2.96. The monoisotopic (exact) mass is 346 g/mol. The van der Waals surface area contributed by atoms with Gasteiger partial charge in [-0.25, -0.2) is 4.39 Å². The minimum absolute atomic E-state index is 0.160. The van der Waals surface area contributed by atoms with Crippen LogP contribution in [0.25, 0.3) is 11.4 Å². The Labute approximate surface area is 146 Å². The van der Waals surface area contributed by atoms with Gasteiger partial charge in [0.25, 0.3) is 0 Å². The van der Waals surface area contributed by atoms with Crippen LogP contribution in [0.4, 0.5) is 4.39 Å². The van der Waals surface area contributed by atoms with Crippen LogP contribution < -0.4 is 5.73 Å². The van der Waals surface area contributed by atoms with Gasteiger partial charge in [-0.3, -0.25) is 4.79 Å². The molecule has 0 radical (unpaired) electrons. The van der Waals surface area contributed by atoms with Crippen molar-refractivity contribution in [2.24, 2.45) is 5.73 Å². The minimum Gasteiger partial charge on any atom is -0.343 e. The Kier molecular flexibility index (Phi) is 5.70. The third kappa shape index (κ3) is 4.82. The highest BCUT2D eigenvalue weighted by Crippen LogP contribution is 2.14. The van der Waals surface area contributed by atoms with Crippen LogP contribution in [0.2, 0.25) is 0 Å². The summed E-state index contributed by atoms with van der Waals surface area (Å²) in [4.78, 5) is 15.7. The third-order valence-corrected chi connectivity index (χ3v) is 4.43. The van der Waals surface area contributed by atoms with Crippen molar-refractivity contribution in [3.63, 3.8) is 0 Å². The number of benzene rings is 1. The number of nitrogens with two attached hydrogens (primary N) is 1. The number of hydrogen-bond acceptors (Lipinski definition) is 5. The standard InChI is InChI=1S/C17H23FN6O/c18-14-7-5-13(6-8-14)17-20-22-24(21-17)11-2-4-16(25)23-10-1-3-15(19)9-12-23/h5-8,15H,1-4,9-12,19H2/t15-/m0/s1. The molecule has 0 bridgehead atoms. The molecule has 1 saturated heterocycles. The lowest BCUT2D eigenvalue weighted by molar-refractivity contribution is -0.131. The highest BCUT2D eigenvalue weighted by molar-refractivity contribution is 5.76. The summed E-state index contributed by atoms with van der Waals surface area (Å²) in [7, 11) is 0. The van der Waals surface area contributed by atoms with E-state index in [1.54, 1.807) is 12.1 Å². The van der Waals surface area contributed by atoms with Crippen LogP contribution >= 0.6 is 0 Å². The molecule has 2 heterocycles. The zero-order valence-corrected chi connectivity index (χ0v) is 14.1. The summed E-state index contributed by atoms with van der Waals surface area (Å²) in [5, 5.41) is 12.2. The number of nitrogens with zero attached hydrogens (tertiary/aromatic N) is 5. The zero-order valence-electron chi connectivity index (χ0n) is 14.1. The molecule has 0 spiro atoms. The number of likely N-dealkylation sites (tertiary alicyclic amines) is 1. The molecule has 8 heteroatoms. The number of aromatic nitrogens is 4. The Bertz CT molecular complexity index is 701. The van der Waals surface area contributed by atoms with Gasteiger partial charge in [0.15, 0.2) is 0 Å². The molecule has 1 aliphatic rings. The van der Waals surface area contributed by atoms with Crippen molar-refractivity contribution in [2.45, 2.75) is 44.7 Å². The predicted molar refractivity (Wildman–Crippen MR) is 90.9 cm³/mol. The van der Waals surface area contributed by atoms with E-state index in [9.17, 15) is 9.18 Å². The van der Waals surface area contributed by atoms with Gasteiger partial charge >= 0.3 is 0 Å². The number of hydrogen-bond donors (Lipinski definition) is 1. The molecule has 1 aromatic heterocycles. The lowest BCUT2D eigenvalue weighted by Gasteiger charge is -2.20. The van der Waals surface area contributed by atoms with Gasteiger partial charge in [-0.15, -0.1) is 10.2 Å². The molecule has 1 atom stereocenters. The van der Waals surface area contributed by atoms with E-state index in [0.29, 0.717) is 30.8 Å². The van der Waals surface area contributed by atoms with E-state index in [-0.39, 0.29) is 17.8 Å². The lowest BCUT2D eigenvalue weighted by Crippen LogP contribution is -2.32. The molecule has 7 nitrogen and oxygen atoms in total. The van der Waals surface area contributed by atoms with Gasteiger partial charge in [0.05, 0.1) is 6.54 Å². The van der Waals surface area contributed by atoms with Gasteiger partial charge in [-0.05, 0) is 55.2 Å². The van der Waals surface area contributed by atoms with Crippen molar-refractivity contribution in [2.75, 3.05) is 13.1 Å². The Morgan fingerprint density at radius 1 is 1.24 bits per heavy atom. The first-order valence-electron chi connectivity index (χ1n) is 8.69. The van der Waals surface area contributed by atoms with E-state index >= 15 is 0 Å². The number of amides is 1. The summed E-state index contributed by atoms with van der Waals surface area (Å²) in [6, 6.07) is 6.17. The number of carbonyl (C=O) groups is 1.